The molecule has 0 aliphatic carbocycles. The lowest BCUT2D eigenvalue weighted by atomic mass is 10.3. The minimum atomic E-state index is -3.78. The molecule has 1 aliphatic heterocycles. The van der Waals surface area contributed by atoms with Gasteiger partial charge in [0.15, 0.2) is 0 Å². The lowest BCUT2D eigenvalue weighted by molar-refractivity contribution is -0.114. The third-order valence-electron chi connectivity index (χ3n) is 5.05. The number of hydrogen-bond acceptors (Lipinski definition) is 8. The highest BCUT2D eigenvalue weighted by Crippen LogP contribution is 2.23. The second-order valence-electron chi connectivity index (χ2n) is 7.80. The first-order valence-corrected chi connectivity index (χ1v) is 12.2. The average molecular weight is 483 g/mol. The highest BCUT2D eigenvalue weighted by molar-refractivity contribution is 7.92. The van der Waals surface area contributed by atoms with E-state index in [9.17, 15) is 13.2 Å². The maximum Gasteiger partial charge on any atom is 0.261 e. The van der Waals surface area contributed by atoms with Gasteiger partial charge in [-0.3, -0.25) is 9.52 Å². The summed E-state index contributed by atoms with van der Waals surface area (Å²) in [6.45, 7) is 6.20. The van der Waals surface area contributed by atoms with Crippen LogP contribution in [0.25, 0.3) is 0 Å². The number of carbonyl (C=O) groups excluding carboxylic acids is 1. The molecule has 4 rings (SSSR count). The number of ether oxygens (including phenoxy) is 1. The van der Waals surface area contributed by atoms with Crippen molar-refractivity contribution in [1.82, 2.24) is 9.97 Å². The molecular formula is C23H26N6O4S. The fourth-order valence-corrected chi connectivity index (χ4v) is 4.51. The molecular weight excluding hydrogens is 456 g/mol. The lowest BCUT2D eigenvalue weighted by Gasteiger charge is -2.28. The number of benzene rings is 2. The fourth-order valence-electron chi connectivity index (χ4n) is 3.45. The van der Waals surface area contributed by atoms with Gasteiger partial charge < -0.3 is 20.3 Å². The van der Waals surface area contributed by atoms with Crippen LogP contribution in [0.1, 0.15) is 12.6 Å². The maximum absolute atomic E-state index is 12.7. The van der Waals surface area contributed by atoms with Crippen molar-refractivity contribution in [2.45, 2.75) is 18.7 Å². The number of sulfonamides is 1. The van der Waals surface area contributed by atoms with Gasteiger partial charge in [-0.15, -0.1) is 0 Å². The van der Waals surface area contributed by atoms with Crippen LogP contribution >= 0.6 is 0 Å². The SMILES string of the molecule is CC(=O)Nc1ccc(S(=O)(=O)Nc2ccc(Nc3nc(C)cc(N4CCOCC4)n3)cc2)cc1. The van der Waals surface area contributed by atoms with E-state index in [-0.39, 0.29) is 10.8 Å². The molecule has 2 aromatic carbocycles. The fraction of sp³-hybridized carbons (Fsp3) is 0.261. The number of rotatable bonds is 7. The van der Waals surface area contributed by atoms with Crippen molar-refractivity contribution in [2.75, 3.05) is 46.6 Å². The second kappa shape index (κ2) is 10.1. The maximum atomic E-state index is 12.7. The topological polar surface area (TPSA) is 126 Å². The van der Waals surface area contributed by atoms with Gasteiger partial charge in [-0.25, -0.2) is 13.4 Å². The Morgan fingerprint density at radius 1 is 0.941 bits per heavy atom. The molecule has 1 aromatic heterocycles. The Hall–Kier alpha value is -3.70. The monoisotopic (exact) mass is 482 g/mol. The number of anilines is 5. The molecule has 3 aromatic rings. The predicted molar refractivity (Wildman–Crippen MR) is 131 cm³/mol. The van der Waals surface area contributed by atoms with Crippen molar-refractivity contribution in [3.8, 4) is 0 Å². The lowest BCUT2D eigenvalue weighted by Crippen LogP contribution is -2.36. The van der Waals surface area contributed by atoms with Gasteiger partial charge in [-0.1, -0.05) is 0 Å². The highest BCUT2D eigenvalue weighted by Gasteiger charge is 2.16. The van der Waals surface area contributed by atoms with Crippen molar-refractivity contribution in [3.63, 3.8) is 0 Å². The Bertz CT molecular complexity index is 1260. The Morgan fingerprint density at radius 2 is 1.56 bits per heavy atom. The largest absolute Gasteiger partial charge is 0.378 e. The van der Waals surface area contributed by atoms with Gasteiger partial charge in [-0.2, -0.15) is 4.98 Å². The van der Waals surface area contributed by atoms with E-state index >= 15 is 0 Å². The number of aryl methyl sites for hydroxylation is 1. The van der Waals surface area contributed by atoms with Gasteiger partial charge in [0.25, 0.3) is 10.0 Å². The smallest absolute Gasteiger partial charge is 0.261 e. The van der Waals surface area contributed by atoms with Gasteiger partial charge in [0.1, 0.15) is 5.82 Å². The van der Waals surface area contributed by atoms with Gasteiger partial charge in [0.2, 0.25) is 11.9 Å². The van der Waals surface area contributed by atoms with Crippen molar-refractivity contribution in [3.05, 3.63) is 60.3 Å². The molecule has 0 unspecified atom stereocenters. The van der Waals surface area contributed by atoms with Crippen molar-refractivity contribution in [2.24, 2.45) is 0 Å². The summed E-state index contributed by atoms with van der Waals surface area (Å²) >= 11 is 0. The first kappa shape index (κ1) is 23.5. The average Bonchev–Trinajstić information content (AvgIpc) is 2.80. The normalized spacial score (nSPS) is 13.9. The van der Waals surface area contributed by atoms with E-state index in [2.05, 4.69) is 30.2 Å². The van der Waals surface area contributed by atoms with Gasteiger partial charge in [0.05, 0.1) is 18.1 Å². The molecule has 1 amide bonds. The number of carbonyl (C=O) groups is 1. The third-order valence-corrected chi connectivity index (χ3v) is 6.45. The summed E-state index contributed by atoms with van der Waals surface area (Å²) < 4.78 is 33.3. The summed E-state index contributed by atoms with van der Waals surface area (Å²) in [5, 5.41) is 5.78. The minimum Gasteiger partial charge on any atom is -0.378 e. The molecule has 0 radical (unpaired) electrons. The Labute approximate surface area is 198 Å². The molecule has 0 atom stereocenters. The number of aromatic nitrogens is 2. The summed E-state index contributed by atoms with van der Waals surface area (Å²) in [5.74, 6) is 1.08. The van der Waals surface area contributed by atoms with Crippen LogP contribution in [-0.2, 0) is 19.6 Å². The van der Waals surface area contributed by atoms with Gasteiger partial charge in [-0.05, 0) is 55.5 Å². The zero-order chi connectivity index (χ0) is 24.1. The third kappa shape index (κ3) is 6.00. The van der Waals surface area contributed by atoms with Gasteiger partial charge in [0, 0.05) is 48.8 Å². The van der Waals surface area contributed by atoms with E-state index in [4.69, 9.17) is 4.74 Å². The summed E-state index contributed by atoms with van der Waals surface area (Å²) in [5.41, 5.74) is 2.50. The number of amides is 1. The Balaban J connectivity index is 1.43. The number of hydrogen-bond donors (Lipinski definition) is 3. The number of morpholine rings is 1. The second-order valence-corrected chi connectivity index (χ2v) is 9.49. The molecule has 3 N–H and O–H groups in total. The summed E-state index contributed by atoms with van der Waals surface area (Å²) in [4.78, 5) is 22.4. The van der Waals surface area contributed by atoms with Crippen molar-refractivity contribution in [1.29, 1.82) is 0 Å². The van der Waals surface area contributed by atoms with Crippen molar-refractivity contribution < 1.29 is 17.9 Å². The molecule has 11 heteroatoms. The van der Waals surface area contributed by atoms with Crippen LogP contribution in [0, 0.1) is 6.92 Å². The molecule has 2 heterocycles. The standard InChI is InChI=1S/C23H26N6O4S/c1-16-15-22(29-11-13-33-14-12-29)27-23(24-16)26-19-3-5-20(6-4-19)28-34(31,32)21-9-7-18(8-10-21)25-17(2)30/h3-10,15,28H,11-14H2,1-2H3,(H,25,30)(H,24,26,27). The van der Waals surface area contributed by atoms with E-state index in [1.165, 1.54) is 31.2 Å². The first-order valence-electron chi connectivity index (χ1n) is 10.7. The van der Waals surface area contributed by atoms with Crippen LogP contribution in [0.3, 0.4) is 0 Å². The molecule has 0 bridgehead atoms. The summed E-state index contributed by atoms with van der Waals surface area (Å²) in [7, 11) is -3.78. The zero-order valence-electron chi connectivity index (χ0n) is 18.9. The summed E-state index contributed by atoms with van der Waals surface area (Å²) in [6.07, 6.45) is 0. The van der Waals surface area contributed by atoms with E-state index < -0.39 is 10.0 Å². The van der Waals surface area contributed by atoms with E-state index in [1.54, 1.807) is 24.3 Å². The molecule has 178 valence electrons. The molecule has 1 aliphatic rings. The van der Waals surface area contributed by atoms with Crippen LogP contribution < -0.4 is 20.3 Å². The number of nitrogens with one attached hydrogen (secondary N) is 3. The van der Waals surface area contributed by atoms with Gasteiger partial charge >= 0.3 is 0 Å². The number of nitrogens with zero attached hydrogens (tertiary/aromatic N) is 3. The van der Waals surface area contributed by atoms with Crippen LogP contribution in [0.5, 0.6) is 0 Å². The first-order chi connectivity index (χ1) is 16.3. The highest BCUT2D eigenvalue weighted by atomic mass is 32.2. The van der Waals surface area contributed by atoms with E-state index in [0.29, 0.717) is 30.5 Å². The molecule has 34 heavy (non-hydrogen) atoms. The molecule has 1 fully saturated rings. The van der Waals surface area contributed by atoms with E-state index in [0.717, 1.165) is 30.3 Å². The van der Waals surface area contributed by atoms with Crippen LogP contribution in [0.15, 0.2) is 59.5 Å². The zero-order valence-corrected chi connectivity index (χ0v) is 19.7. The van der Waals surface area contributed by atoms with E-state index in [1.807, 2.05) is 13.0 Å². The Morgan fingerprint density at radius 3 is 2.21 bits per heavy atom. The minimum absolute atomic E-state index is 0.0904. The molecule has 10 nitrogen and oxygen atoms in total. The Kier molecular flexibility index (Phi) is 6.94. The van der Waals surface area contributed by atoms with Crippen LogP contribution in [0.4, 0.5) is 28.8 Å². The summed E-state index contributed by atoms with van der Waals surface area (Å²) in [6, 6.07) is 14.7. The quantitative estimate of drug-likeness (QED) is 0.469. The van der Waals surface area contributed by atoms with Crippen LogP contribution in [0.2, 0.25) is 0 Å². The predicted octanol–water partition coefficient (Wildman–Crippen LogP) is 3.12. The van der Waals surface area contributed by atoms with Crippen molar-refractivity contribution >= 4 is 44.8 Å². The van der Waals surface area contributed by atoms with Crippen LogP contribution in [-0.4, -0.2) is 50.6 Å². The molecule has 0 spiro atoms. The molecule has 1 saturated heterocycles. The molecule has 0 saturated carbocycles.